The van der Waals surface area contributed by atoms with Crippen molar-refractivity contribution >= 4 is 50.5 Å². The molecule has 1 N–H and O–H groups in total. The maximum atomic E-state index is 14.0. The van der Waals surface area contributed by atoms with Crippen molar-refractivity contribution in [2.24, 2.45) is 0 Å². The van der Waals surface area contributed by atoms with Gasteiger partial charge in [0.1, 0.15) is 18.4 Å². The number of nitro groups is 2. The number of carbonyl (C=O) groups is 1. The van der Waals surface area contributed by atoms with Gasteiger partial charge in [0.15, 0.2) is 4.90 Å². The highest BCUT2D eigenvalue weighted by molar-refractivity contribution is 7.89. The molecule has 5 rings (SSSR count). The fraction of sp³-hybridized carbons (Fsp3) is 0.242. The third kappa shape index (κ3) is 9.10. The molecule has 4 aromatic rings. The first-order chi connectivity index (χ1) is 23.4. The van der Waals surface area contributed by atoms with Crippen molar-refractivity contribution in [1.82, 2.24) is 14.5 Å². The number of halogens is 2. The highest BCUT2D eigenvalue weighted by Gasteiger charge is 2.35. The summed E-state index contributed by atoms with van der Waals surface area (Å²) in [6, 6.07) is 22.6. The van der Waals surface area contributed by atoms with E-state index in [0.717, 1.165) is 23.3 Å². The Labute approximate surface area is 292 Å². The quantitative estimate of drug-likeness (QED) is 0.136. The molecule has 1 unspecified atom stereocenters. The first-order valence-electron chi connectivity index (χ1n) is 15.1. The van der Waals surface area contributed by atoms with Crippen LogP contribution in [0.3, 0.4) is 0 Å². The van der Waals surface area contributed by atoms with E-state index < -0.39 is 48.1 Å². The Morgan fingerprint density at radius 2 is 1.55 bits per heavy atom. The van der Waals surface area contributed by atoms with Crippen LogP contribution in [0.4, 0.5) is 11.4 Å². The van der Waals surface area contributed by atoms with Crippen LogP contribution < -0.4 is 9.46 Å². The van der Waals surface area contributed by atoms with E-state index in [4.69, 9.17) is 27.9 Å². The van der Waals surface area contributed by atoms with E-state index >= 15 is 0 Å². The average molecular weight is 729 g/mol. The van der Waals surface area contributed by atoms with E-state index in [1.807, 2.05) is 36.4 Å². The Morgan fingerprint density at radius 1 is 0.857 bits per heavy atom. The number of rotatable bonds is 13. The van der Waals surface area contributed by atoms with Crippen molar-refractivity contribution < 1.29 is 27.8 Å². The molecule has 0 spiro atoms. The molecule has 1 fully saturated rings. The SMILES string of the molecule is O=C(C(Cc1ccc(OCc2ccccc2)cc1)NS(=O)(=O)c1ccc([N+](=O)[O-])cc1[N+](=O)[O-])N1CCN(Cc2cccc(Cl)c2Cl)CC1. The fourth-order valence-electron chi connectivity index (χ4n) is 5.38. The minimum absolute atomic E-state index is 0.0872. The summed E-state index contributed by atoms with van der Waals surface area (Å²) in [7, 11) is -4.71. The maximum absolute atomic E-state index is 14.0. The third-order valence-corrected chi connectivity index (χ3v) is 10.3. The molecular formula is C33H31Cl2N5O8S. The summed E-state index contributed by atoms with van der Waals surface area (Å²) >= 11 is 12.5. The van der Waals surface area contributed by atoms with Crippen LogP contribution in [0.2, 0.25) is 10.0 Å². The Morgan fingerprint density at radius 3 is 2.20 bits per heavy atom. The number of ether oxygens (including phenoxy) is 1. The first-order valence-corrected chi connectivity index (χ1v) is 17.3. The van der Waals surface area contributed by atoms with Crippen molar-refractivity contribution in [2.75, 3.05) is 26.2 Å². The molecule has 0 radical (unpaired) electrons. The van der Waals surface area contributed by atoms with Crippen molar-refractivity contribution in [3.8, 4) is 5.75 Å². The number of piperazine rings is 1. The van der Waals surface area contributed by atoms with Gasteiger partial charge in [0, 0.05) is 38.8 Å². The standard InChI is InChI=1S/C33H31Cl2N5O8S/c34-28-8-4-7-25(32(28)35)21-37-15-17-38(18-16-37)33(41)29(19-23-9-12-27(13-10-23)48-22-24-5-2-1-3-6-24)36-49(46,47)31-14-11-26(39(42)43)20-30(31)40(44)45/h1-14,20,29,36H,15-19,21-22H2. The number of non-ortho nitro benzene ring substituents is 1. The lowest BCUT2D eigenvalue weighted by Crippen LogP contribution is -2.55. The molecule has 0 bridgehead atoms. The van der Waals surface area contributed by atoms with Crippen LogP contribution in [0.15, 0.2) is 95.9 Å². The Hall–Kier alpha value is -4.60. The number of hydrogen-bond donors (Lipinski definition) is 1. The number of sulfonamides is 1. The van der Waals surface area contributed by atoms with Gasteiger partial charge in [0.25, 0.3) is 11.4 Å². The lowest BCUT2D eigenvalue weighted by atomic mass is 10.0. The maximum Gasteiger partial charge on any atom is 0.296 e. The summed E-state index contributed by atoms with van der Waals surface area (Å²) in [4.78, 5) is 37.9. The van der Waals surface area contributed by atoms with Crippen molar-refractivity contribution in [2.45, 2.75) is 30.5 Å². The van der Waals surface area contributed by atoms with Crippen molar-refractivity contribution in [3.05, 3.63) is 138 Å². The van der Waals surface area contributed by atoms with Gasteiger partial charge in [0.05, 0.1) is 26.0 Å². The molecular weight excluding hydrogens is 697 g/mol. The summed E-state index contributed by atoms with van der Waals surface area (Å²) < 4.78 is 35.4. The molecule has 0 aromatic heterocycles. The summed E-state index contributed by atoms with van der Waals surface area (Å²) in [5.74, 6) is 0.0338. The lowest BCUT2D eigenvalue weighted by Gasteiger charge is -2.36. The number of nitrogens with one attached hydrogen (secondary N) is 1. The summed E-state index contributed by atoms with van der Waals surface area (Å²) in [6.45, 7) is 2.33. The molecule has 49 heavy (non-hydrogen) atoms. The van der Waals surface area contributed by atoms with Gasteiger partial charge >= 0.3 is 0 Å². The number of carbonyl (C=O) groups excluding carboxylic acids is 1. The molecule has 16 heteroatoms. The molecule has 4 aromatic carbocycles. The third-order valence-electron chi connectivity index (χ3n) is 7.96. The number of amides is 1. The van der Waals surface area contributed by atoms with Crippen LogP contribution in [0.1, 0.15) is 16.7 Å². The topological polar surface area (TPSA) is 165 Å². The second-order valence-corrected chi connectivity index (χ2v) is 13.7. The predicted octanol–water partition coefficient (Wildman–Crippen LogP) is 5.62. The Kier molecular flexibility index (Phi) is 11.5. The Balaban J connectivity index is 1.35. The zero-order chi connectivity index (χ0) is 35.1. The normalized spacial score (nSPS) is 14.3. The van der Waals surface area contributed by atoms with E-state index in [-0.39, 0.29) is 19.5 Å². The number of benzene rings is 4. The smallest absolute Gasteiger partial charge is 0.296 e. The van der Waals surface area contributed by atoms with Crippen molar-refractivity contribution in [3.63, 3.8) is 0 Å². The molecule has 0 aliphatic carbocycles. The first kappa shape index (κ1) is 35.7. The van der Waals surface area contributed by atoms with E-state index in [0.29, 0.717) is 53.7 Å². The van der Waals surface area contributed by atoms with E-state index in [1.165, 1.54) is 4.90 Å². The van der Waals surface area contributed by atoms with Gasteiger partial charge in [-0.25, -0.2) is 8.42 Å². The minimum Gasteiger partial charge on any atom is -0.489 e. The molecule has 1 aliphatic heterocycles. The molecule has 13 nitrogen and oxygen atoms in total. The lowest BCUT2D eigenvalue weighted by molar-refractivity contribution is -0.396. The van der Waals surface area contributed by atoms with Gasteiger partial charge in [-0.1, -0.05) is 77.8 Å². The molecule has 1 heterocycles. The number of nitrogens with zero attached hydrogens (tertiary/aromatic N) is 4. The highest BCUT2D eigenvalue weighted by atomic mass is 35.5. The van der Waals surface area contributed by atoms with Gasteiger partial charge in [-0.05, 0) is 47.4 Å². The highest BCUT2D eigenvalue weighted by Crippen LogP contribution is 2.30. The van der Waals surface area contributed by atoms with Gasteiger partial charge in [-0.2, -0.15) is 4.72 Å². The molecule has 1 aliphatic rings. The van der Waals surface area contributed by atoms with Gasteiger partial charge in [-0.3, -0.25) is 29.9 Å². The van der Waals surface area contributed by atoms with Crippen molar-refractivity contribution in [1.29, 1.82) is 0 Å². The van der Waals surface area contributed by atoms with E-state index in [2.05, 4.69) is 9.62 Å². The summed E-state index contributed by atoms with van der Waals surface area (Å²) in [5.41, 5.74) is 0.773. The largest absolute Gasteiger partial charge is 0.489 e. The monoisotopic (exact) mass is 727 g/mol. The molecule has 256 valence electrons. The minimum atomic E-state index is -4.71. The molecule has 1 atom stereocenters. The summed E-state index contributed by atoms with van der Waals surface area (Å²) in [5, 5.41) is 23.9. The zero-order valence-electron chi connectivity index (χ0n) is 25.9. The van der Waals surface area contributed by atoms with Crippen LogP contribution in [-0.4, -0.2) is 66.2 Å². The summed E-state index contributed by atoms with van der Waals surface area (Å²) in [6.07, 6.45) is -0.0872. The van der Waals surface area contributed by atoms with Crippen LogP contribution in [-0.2, 0) is 34.4 Å². The number of nitro benzene ring substituents is 2. The van der Waals surface area contributed by atoms with Crippen LogP contribution >= 0.6 is 23.2 Å². The van der Waals surface area contributed by atoms with Gasteiger partial charge in [-0.15, -0.1) is 0 Å². The molecule has 1 saturated heterocycles. The molecule has 0 saturated carbocycles. The Bertz CT molecular complexity index is 1940. The second kappa shape index (κ2) is 15.7. The van der Waals surface area contributed by atoms with E-state index in [9.17, 15) is 33.4 Å². The van der Waals surface area contributed by atoms with Crippen LogP contribution in [0.5, 0.6) is 5.75 Å². The van der Waals surface area contributed by atoms with Gasteiger partial charge in [0.2, 0.25) is 15.9 Å². The zero-order valence-corrected chi connectivity index (χ0v) is 28.2. The number of hydrogen-bond acceptors (Lipinski definition) is 9. The second-order valence-electron chi connectivity index (χ2n) is 11.3. The van der Waals surface area contributed by atoms with Crippen LogP contribution in [0, 0.1) is 20.2 Å². The fourth-order valence-corrected chi connectivity index (χ4v) is 7.10. The molecule has 1 amide bonds. The van der Waals surface area contributed by atoms with Gasteiger partial charge < -0.3 is 9.64 Å². The van der Waals surface area contributed by atoms with E-state index in [1.54, 1.807) is 36.4 Å². The predicted molar refractivity (Wildman–Crippen MR) is 183 cm³/mol. The van der Waals surface area contributed by atoms with Crippen LogP contribution in [0.25, 0.3) is 0 Å². The average Bonchev–Trinajstić information content (AvgIpc) is 3.09.